The standard InChI is InChI=1S/C22H28N6O2/c1-3-17-21(24-14-6-8-16(29)9-7-14)27-22(19(26-17)20(23)30)25-15-5-4-13-10-11-28(2)18(13)12-15/h4-5,10-12,14,16,29H,3,6-9H2,1-2H3,(H2,23,30)(H2,24,25,27)/t14-,16-. The predicted molar refractivity (Wildman–Crippen MR) is 118 cm³/mol. The second kappa shape index (κ2) is 8.31. The summed E-state index contributed by atoms with van der Waals surface area (Å²) in [6.07, 6.45) is 5.69. The molecule has 0 atom stereocenters. The van der Waals surface area contributed by atoms with E-state index in [0.717, 1.165) is 42.3 Å². The van der Waals surface area contributed by atoms with Crippen molar-refractivity contribution in [2.24, 2.45) is 12.8 Å². The van der Waals surface area contributed by atoms with Gasteiger partial charge in [0.2, 0.25) is 0 Å². The summed E-state index contributed by atoms with van der Waals surface area (Å²) >= 11 is 0. The van der Waals surface area contributed by atoms with Crippen molar-refractivity contribution in [2.75, 3.05) is 10.6 Å². The van der Waals surface area contributed by atoms with Crippen LogP contribution in [0.2, 0.25) is 0 Å². The highest BCUT2D eigenvalue weighted by atomic mass is 16.3. The number of aliphatic hydroxyl groups excluding tert-OH is 1. The lowest BCUT2D eigenvalue weighted by atomic mass is 9.93. The monoisotopic (exact) mass is 408 g/mol. The molecule has 1 aliphatic carbocycles. The molecule has 4 rings (SSSR count). The number of primary amides is 1. The van der Waals surface area contributed by atoms with Crippen LogP contribution in [-0.4, -0.2) is 37.7 Å². The molecule has 1 amide bonds. The van der Waals surface area contributed by atoms with Crippen LogP contribution >= 0.6 is 0 Å². The van der Waals surface area contributed by atoms with Gasteiger partial charge in [-0.1, -0.05) is 13.0 Å². The van der Waals surface area contributed by atoms with Gasteiger partial charge < -0.3 is 26.0 Å². The first-order chi connectivity index (χ1) is 14.4. The first kappa shape index (κ1) is 20.2. The fourth-order valence-electron chi connectivity index (χ4n) is 3.98. The number of carbonyl (C=O) groups excluding carboxylic acids is 1. The van der Waals surface area contributed by atoms with Crippen LogP contribution in [0.5, 0.6) is 0 Å². The first-order valence-corrected chi connectivity index (χ1v) is 10.4. The number of aliphatic hydroxyl groups is 1. The number of hydrogen-bond donors (Lipinski definition) is 4. The zero-order chi connectivity index (χ0) is 21.3. The molecule has 8 nitrogen and oxygen atoms in total. The lowest BCUT2D eigenvalue weighted by molar-refractivity contribution is 0.0996. The second-order valence-electron chi connectivity index (χ2n) is 7.91. The molecule has 0 unspecified atom stereocenters. The smallest absolute Gasteiger partial charge is 0.271 e. The molecule has 2 aromatic heterocycles. The summed E-state index contributed by atoms with van der Waals surface area (Å²) in [6, 6.07) is 8.23. The van der Waals surface area contributed by atoms with Gasteiger partial charge in [0.25, 0.3) is 5.91 Å². The summed E-state index contributed by atoms with van der Waals surface area (Å²) in [5.74, 6) is 0.380. The lowest BCUT2D eigenvalue weighted by Gasteiger charge is -2.27. The highest BCUT2D eigenvalue weighted by Gasteiger charge is 2.23. The molecule has 8 heteroatoms. The Balaban J connectivity index is 1.67. The summed E-state index contributed by atoms with van der Waals surface area (Å²) in [6.45, 7) is 1.97. The zero-order valence-electron chi connectivity index (χ0n) is 17.4. The van der Waals surface area contributed by atoms with Gasteiger partial charge in [-0.25, -0.2) is 9.97 Å². The number of carbonyl (C=O) groups is 1. The molecular weight excluding hydrogens is 380 g/mol. The van der Waals surface area contributed by atoms with Crippen molar-refractivity contribution in [3.63, 3.8) is 0 Å². The van der Waals surface area contributed by atoms with Gasteiger partial charge in [-0.05, 0) is 55.7 Å². The van der Waals surface area contributed by atoms with Crippen LogP contribution in [0.3, 0.4) is 0 Å². The quantitative estimate of drug-likeness (QED) is 0.498. The Bertz CT molecular complexity index is 1070. The highest BCUT2D eigenvalue weighted by Crippen LogP contribution is 2.27. The minimum absolute atomic E-state index is 0.128. The van der Waals surface area contributed by atoms with Crippen molar-refractivity contribution in [3.05, 3.63) is 41.9 Å². The second-order valence-corrected chi connectivity index (χ2v) is 7.91. The molecule has 1 aliphatic rings. The normalized spacial score (nSPS) is 19.0. The van der Waals surface area contributed by atoms with E-state index in [1.807, 2.05) is 49.0 Å². The van der Waals surface area contributed by atoms with Crippen LogP contribution in [0.25, 0.3) is 10.9 Å². The van der Waals surface area contributed by atoms with Crippen LogP contribution in [-0.2, 0) is 13.5 Å². The predicted octanol–water partition coefficient (Wildman–Crippen LogP) is 3.09. The van der Waals surface area contributed by atoms with Crippen LogP contribution in [0.4, 0.5) is 17.3 Å². The third-order valence-corrected chi connectivity index (χ3v) is 5.72. The van der Waals surface area contributed by atoms with E-state index in [9.17, 15) is 9.90 Å². The minimum Gasteiger partial charge on any atom is -0.393 e. The number of nitrogens with two attached hydrogens (primary N) is 1. The molecule has 3 aromatic rings. The van der Waals surface area contributed by atoms with Gasteiger partial charge >= 0.3 is 0 Å². The summed E-state index contributed by atoms with van der Waals surface area (Å²) in [5.41, 5.74) is 8.31. The Hall–Kier alpha value is -3.13. The Labute approximate surface area is 175 Å². The van der Waals surface area contributed by atoms with Crippen molar-refractivity contribution in [1.29, 1.82) is 0 Å². The molecule has 5 N–H and O–H groups in total. The lowest BCUT2D eigenvalue weighted by Crippen LogP contribution is -2.29. The van der Waals surface area contributed by atoms with Crippen LogP contribution in [0, 0.1) is 0 Å². The van der Waals surface area contributed by atoms with Crippen molar-refractivity contribution in [1.82, 2.24) is 14.5 Å². The average Bonchev–Trinajstić information content (AvgIpc) is 3.10. The SMILES string of the molecule is CCc1nc(C(N)=O)c(Nc2ccc3ccn(C)c3c2)nc1N[C@H]1CC[C@H](O)CC1. The molecular formula is C22H28N6O2. The number of aryl methyl sites for hydroxylation is 2. The van der Waals surface area contributed by atoms with Crippen LogP contribution in [0.15, 0.2) is 30.5 Å². The van der Waals surface area contributed by atoms with Gasteiger partial charge in [-0.15, -0.1) is 0 Å². The van der Waals surface area contributed by atoms with Crippen molar-refractivity contribution in [3.8, 4) is 0 Å². The number of fused-ring (bicyclic) bond motifs is 1. The number of hydrogen-bond acceptors (Lipinski definition) is 6. The zero-order valence-corrected chi connectivity index (χ0v) is 17.4. The van der Waals surface area contributed by atoms with E-state index in [2.05, 4.69) is 15.6 Å². The Morgan fingerprint density at radius 3 is 2.67 bits per heavy atom. The molecule has 0 bridgehead atoms. The topological polar surface area (TPSA) is 118 Å². The van der Waals surface area contributed by atoms with Crippen LogP contribution in [0.1, 0.15) is 48.8 Å². The molecule has 0 spiro atoms. The summed E-state index contributed by atoms with van der Waals surface area (Å²) in [5, 5.41) is 17.6. The number of rotatable bonds is 6. The number of aromatic nitrogens is 3. The molecule has 1 aromatic carbocycles. The molecule has 0 radical (unpaired) electrons. The number of anilines is 3. The molecule has 0 aliphatic heterocycles. The van der Waals surface area contributed by atoms with Gasteiger partial charge in [0.15, 0.2) is 11.5 Å². The van der Waals surface area contributed by atoms with E-state index in [4.69, 9.17) is 10.7 Å². The summed E-state index contributed by atoms with van der Waals surface area (Å²) in [4.78, 5) is 21.3. The van der Waals surface area contributed by atoms with E-state index in [0.29, 0.717) is 23.8 Å². The Morgan fingerprint density at radius 2 is 1.97 bits per heavy atom. The van der Waals surface area contributed by atoms with Crippen molar-refractivity contribution < 1.29 is 9.90 Å². The number of benzene rings is 1. The molecule has 1 fully saturated rings. The average molecular weight is 409 g/mol. The molecule has 30 heavy (non-hydrogen) atoms. The van der Waals surface area contributed by atoms with E-state index < -0.39 is 5.91 Å². The molecule has 158 valence electrons. The van der Waals surface area contributed by atoms with Gasteiger partial charge in [-0.3, -0.25) is 4.79 Å². The van der Waals surface area contributed by atoms with Crippen molar-refractivity contribution in [2.45, 2.75) is 51.2 Å². The largest absolute Gasteiger partial charge is 0.393 e. The van der Waals surface area contributed by atoms with Gasteiger partial charge in [0.1, 0.15) is 5.82 Å². The van der Waals surface area contributed by atoms with Crippen molar-refractivity contribution >= 4 is 34.1 Å². The maximum absolute atomic E-state index is 12.1. The van der Waals surface area contributed by atoms with Gasteiger partial charge in [0.05, 0.1) is 11.8 Å². The molecule has 2 heterocycles. The number of nitrogens with zero attached hydrogens (tertiary/aromatic N) is 3. The van der Waals surface area contributed by atoms with E-state index in [-0.39, 0.29) is 17.8 Å². The highest BCUT2D eigenvalue weighted by molar-refractivity contribution is 5.97. The third-order valence-electron chi connectivity index (χ3n) is 5.72. The fraction of sp³-hybridized carbons (Fsp3) is 0.409. The Morgan fingerprint density at radius 1 is 1.20 bits per heavy atom. The number of nitrogens with one attached hydrogen (secondary N) is 2. The van der Waals surface area contributed by atoms with Crippen LogP contribution < -0.4 is 16.4 Å². The fourth-order valence-corrected chi connectivity index (χ4v) is 3.98. The molecule has 0 saturated heterocycles. The summed E-state index contributed by atoms with van der Waals surface area (Å²) < 4.78 is 2.03. The van der Waals surface area contributed by atoms with E-state index >= 15 is 0 Å². The minimum atomic E-state index is -0.619. The van der Waals surface area contributed by atoms with Gasteiger partial charge in [0, 0.05) is 30.5 Å². The van der Waals surface area contributed by atoms with E-state index in [1.165, 1.54) is 0 Å². The third kappa shape index (κ3) is 4.09. The first-order valence-electron chi connectivity index (χ1n) is 10.4. The maximum Gasteiger partial charge on any atom is 0.271 e. The Kier molecular flexibility index (Phi) is 5.59. The van der Waals surface area contributed by atoms with Gasteiger partial charge in [-0.2, -0.15) is 0 Å². The maximum atomic E-state index is 12.1. The summed E-state index contributed by atoms with van der Waals surface area (Å²) in [7, 11) is 1.99. The van der Waals surface area contributed by atoms with E-state index in [1.54, 1.807) is 0 Å². The molecule has 1 saturated carbocycles. The number of amides is 1.